The zero-order chi connectivity index (χ0) is 25.1. The molecule has 2 fully saturated rings. The average molecular weight is 489 g/mol. The Bertz CT molecular complexity index is 1200. The van der Waals surface area contributed by atoms with Gasteiger partial charge in [0.15, 0.2) is 0 Å². The Labute approximate surface area is 210 Å². The summed E-state index contributed by atoms with van der Waals surface area (Å²) < 4.78 is 7.20. The molecule has 0 radical (unpaired) electrons. The van der Waals surface area contributed by atoms with Crippen LogP contribution in [0.4, 0.5) is 16.3 Å². The summed E-state index contributed by atoms with van der Waals surface area (Å²) in [5, 5.41) is 16.6. The molecule has 8 nitrogen and oxygen atoms in total. The molecular formula is C28H32N4O4. The molecule has 36 heavy (non-hydrogen) atoms. The van der Waals surface area contributed by atoms with Gasteiger partial charge in [-0.3, -0.25) is 10.1 Å². The molecule has 188 valence electrons. The van der Waals surface area contributed by atoms with Crippen molar-refractivity contribution in [2.45, 2.75) is 57.6 Å². The summed E-state index contributed by atoms with van der Waals surface area (Å²) >= 11 is 0. The van der Waals surface area contributed by atoms with Gasteiger partial charge in [-0.25, -0.2) is 9.48 Å². The molecule has 1 aromatic heterocycles. The minimum Gasteiger partial charge on any atom is -0.481 e. The number of carboxylic acid groups (broad SMARTS) is 1. The number of nitrogens with zero attached hydrogens (tertiary/aromatic N) is 3. The Morgan fingerprint density at radius 2 is 1.81 bits per heavy atom. The van der Waals surface area contributed by atoms with E-state index in [-0.39, 0.29) is 24.0 Å². The van der Waals surface area contributed by atoms with Crippen molar-refractivity contribution < 1.29 is 19.4 Å². The number of ether oxygens (including phenoxy) is 1. The first kappa shape index (κ1) is 23.9. The van der Waals surface area contributed by atoms with Gasteiger partial charge in [0.25, 0.3) is 0 Å². The van der Waals surface area contributed by atoms with Gasteiger partial charge in [0.2, 0.25) is 0 Å². The molecule has 2 heterocycles. The summed E-state index contributed by atoms with van der Waals surface area (Å²) in [6.45, 7) is 2.77. The number of carbonyl (C=O) groups excluding carboxylic acids is 1. The Morgan fingerprint density at radius 1 is 1.08 bits per heavy atom. The monoisotopic (exact) mass is 488 g/mol. The standard InChI is InChI=1S/C28H32N4O4/c1-20(21-7-3-2-4-8-21)36-27(35)30-25-14-17-29-32(25)23-12-10-22(11-13-23)31-18-6-5-9-24(31)28(15-16-28)19-26(33)34/h2-4,7-8,10-14,17,20,24H,5-6,9,15-16,18-19H2,1H3,(H,30,35)(H,33,34). The van der Waals surface area contributed by atoms with E-state index in [1.807, 2.05) is 49.4 Å². The van der Waals surface area contributed by atoms with Crippen molar-refractivity contribution in [2.24, 2.45) is 5.41 Å². The van der Waals surface area contributed by atoms with Gasteiger partial charge in [0.05, 0.1) is 18.3 Å². The topological polar surface area (TPSA) is 96.7 Å². The number of hydrogen-bond donors (Lipinski definition) is 2. The fourth-order valence-corrected chi connectivity index (χ4v) is 5.44. The van der Waals surface area contributed by atoms with Crippen LogP contribution in [0.1, 0.15) is 57.1 Å². The number of rotatable bonds is 8. The maximum Gasteiger partial charge on any atom is 0.413 e. The number of carboxylic acids is 1. The minimum absolute atomic E-state index is 0.0960. The largest absolute Gasteiger partial charge is 0.481 e. The number of anilines is 2. The Morgan fingerprint density at radius 3 is 2.50 bits per heavy atom. The van der Waals surface area contributed by atoms with Crippen molar-refractivity contribution >= 4 is 23.6 Å². The molecule has 0 spiro atoms. The summed E-state index contributed by atoms with van der Waals surface area (Å²) in [5.74, 6) is -0.189. The lowest BCUT2D eigenvalue weighted by molar-refractivity contribution is -0.138. The van der Waals surface area contributed by atoms with Crippen molar-refractivity contribution in [3.8, 4) is 5.69 Å². The lowest BCUT2D eigenvalue weighted by Gasteiger charge is -2.42. The zero-order valence-corrected chi connectivity index (χ0v) is 20.5. The van der Waals surface area contributed by atoms with Gasteiger partial charge in [-0.15, -0.1) is 0 Å². The van der Waals surface area contributed by atoms with E-state index >= 15 is 0 Å². The van der Waals surface area contributed by atoms with Crippen LogP contribution >= 0.6 is 0 Å². The van der Waals surface area contributed by atoms with Crippen LogP contribution in [-0.2, 0) is 9.53 Å². The van der Waals surface area contributed by atoms with Gasteiger partial charge < -0.3 is 14.7 Å². The van der Waals surface area contributed by atoms with E-state index < -0.39 is 12.1 Å². The number of aliphatic carboxylic acids is 1. The predicted octanol–water partition coefficient (Wildman–Crippen LogP) is 5.80. The van der Waals surface area contributed by atoms with Gasteiger partial charge in [-0.2, -0.15) is 5.10 Å². The molecule has 8 heteroatoms. The van der Waals surface area contributed by atoms with Crippen LogP contribution in [0, 0.1) is 5.41 Å². The molecular weight excluding hydrogens is 456 g/mol. The lowest BCUT2D eigenvalue weighted by Crippen LogP contribution is -2.46. The quantitative estimate of drug-likeness (QED) is 0.416. The van der Waals surface area contributed by atoms with Crippen LogP contribution in [0.3, 0.4) is 0 Å². The van der Waals surface area contributed by atoms with E-state index in [0.29, 0.717) is 5.82 Å². The summed E-state index contributed by atoms with van der Waals surface area (Å²) in [4.78, 5) is 26.4. The van der Waals surface area contributed by atoms with Crippen LogP contribution in [0.25, 0.3) is 5.69 Å². The van der Waals surface area contributed by atoms with E-state index in [1.165, 1.54) is 0 Å². The van der Waals surface area contributed by atoms with Gasteiger partial charge >= 0.3 is 12.1 Å². The molecule has 5 rings (SSSR count). The van der Waals surface area contributed by atoms with Crippen LogP contribution in [0.5, 0.6) is 0 Å². The first-order valence-electron chi connectivity index (χ1n) is 12.6. The first-order valence-corrected chi connectivity index (χ1v) is 12.6. The van der Waals surface area contributed by atoms with E-state index in [9.17, 15) is 14.7 Å². The second kappa shape index (κ2) is 10.0. The van der Waals surface area contributed by atoms with Crippen LogP contribution in [0.2, 0.25) is 0 Å². The number of aromatic nitrogens is 2. The molecule has 2 N–H and O–H groups in total. The number of carbonyl (C=O) groups is 2. The molecule has 1 aliphatic heterocycles. The number of piperidine rings is 1. The van der Waals surface area contributed by atoms with E-state index in [0.717, 1.165) is 55.6 Å². The molecule has 2 aliphatic rings. The number of nitrogens with one attached hydrogen (secondary N) is 1. The maximum atomic E-state index is 12.5. The molecule has 2 atom stereocenters. The summed E-state index contributed by atoms with van der Waals surface area (Å²) in [6.07, 6.45) is 6.21. The maximum absolute atomic E-state index is 12.5. The summed E-state index contributed by atoms with van der Waals surface area (Å²) in [5.41, 5.74) is 2.73. The second-order valence-electron chi connectivity index (χ2n) is 9.87. The highest BCUT2D eigenvalue weighted by Crippen LogP contribution is 2.56. The molecule has 3 aromatic rings. The van der Waals surface area contributed by atoms with E-state index in [1.54, 1.807) is 16.9 Å². The third-order valence-electron chi connectivity index (χ3n) is 7.46. The van der Waals surface area contributed by atoms with Crippen LogP contribution in [0.15, 0.2) is 66.9 Å². The normalized spacial score (nSPS) is 19.4. The first-order chi connectivity index (χ1) is 17.4. The predicted molar refractivity (Wildman–Crippen MR) is 137 cm³/mol. The number of amides is 1. The Hall–Kier alpha value is -3.81. The smallest absolute Gasteiger partial charge is 0.413 e. The minimum atomic E-state index is -0.705. The second-order valence-corrected chi connectivity index (χ2v) is 9.87. The van der Waals surface area contributed by atoms with Gasteiger partial charge in [0, 0.05) is 29.8 Å². The molecule has 1 aliphatic carbocycles. The molecule has 1 amide bonds. The highest BCUT2D eigenvalue weighted by Gasteiger charge is 2.53. The molecule has 2 unspecified atom stereocenters. The Kier molecular flexibility index (Phi) is 6.67. The summed E-state index contributed by atoms with van der Waals surface area (Å²) in [6, 6.07) is 19.7. The van der Waals surface area contributed by atoms with Gasteiger partial charge in [-0.1, -0.05) is 30.3 Å². The van der Waals surface area contributed by atoms with Gasteiger partial charge in [0.1, 0.15) is 11.9 Å². The molecule has 1 saturated heterocycles. The van der Waals surface area contributed by atoms with Crippen LogP contribution < -0.4 is 10.2 Å². The number of benzene rings is 2. The molecule has 2 aromatic carbocycles. The lowest BCUT2D eigenvalue weighted by atomic mass is 9.84. The SMILES string of the molecule is CC(OC(=O)Nc1ccnn1-c1ccc(N2CCCCC2C2(CC(=O)O)CC2)cc1)c1ccccc1. The fourth-order valence-electron chi connectivity index (χ4n) is 5.44. The fraction of sp³-hybridized carbons (Fsp3) is 0.393. The zero-order valence-electron chi connectivity index (χ0n) is 20.5. The Balaban J connectivity index is 1.28. The van der Waals surface area contributed by atoms with E-state index in [4.69, 9.17) is 4.74 Å². The molecule has 1 saturated carbocycles. The third-order valence-corrected chi connectivity index (χ3v) is 7.46. The van der Waals surface area contributed by atoms with Crippen molar-refractivity contribution in [1.29, 1.82) is 0 Å². The average Bonchev–Trinajstić information content (AvgIpc) is 3.51. The van der Waals surface area contributed by atoms with Crippen molar-refractivity contribution in [1.82, 2.24) is 9.78 Å². The van der Waals surface area contributed by atoms with Crippen LogP contribution in [-0.4, -0.2) is 39.5 Å². The molecule has 0 bridgehead atoms. The highest BCUT2D eigenvalue weighted by atomic mass is 16.6. The van der Waals surface area contributed by atoms with Crippen molar-refractivity contribution in [2.75, 3.05) is 16.8 Å². The summed E-state index contributed by atoms with van der Waals surface area (Å²) in [7, 11) is 0. The van der Waals surface area contributed by atoms with Gasteiger partial charge in [-0.05, 0) is 68.9 Å². The number of hydrogen-bond acceptors (Lipinski definition) is 5. The van der Waals surface area contributed by atoms with Crippen molar-refractivity contribution in [3.63, 3.8) is 0 Å². The highest BCUT2D eigenvalue weighted by molar-refractivity contribution is 5.84. The van der Waals surface area contributed by atoms with E-state index in [2.05, 4.69) is 27.4 Å². The van der Waals surface area contributed by atoms with Crippen molar-refractivity contribution in [3.05, 3.63) is 72.4 Å². The third kappa shape index (κ3) is 5.08.